The van der Waals surface area contributed by atoms with Gasteiger partial charge in [0.15, 0.2) is 0 Å². The van der Waals surface area contributed by atoms with Crippen molar-refractivity contribution in [2.75, 3.05) is 5.32 Å². The van der Waals surface area contributed by atoms with Crippen molar-refractivity contribution >= 4 is 23.2 Å². The number of amides is 1. The Hall–Kier alpha value is -1.06. The predicted octanol–water partition coefficient (Wildman–Crippen LogP) is 3.74. The van der Waals surface area contributed by atoms with E-state index in [1.807, 2.05) is 13.0 Å². The zero-order chi connectivity index (χ0) is 14.6. The van der Waals surface area contributed by atoms with E-state index in [2.05, 4.69) is 26.1 Å². The molecule has 19 heavy (non-hydrogen) atoms. The summed E-state index contributed by atoms with van der Waals surface area (Å²) in [5.74, 6) is -0.0675. The summed E-state index contributed by atoms with van der Waals surface area (Å²) in [7, 11) is 0. The average molecular weight is 283 g/mol. The van der Waals surface area contributed by atoms with Crippen LogP contribution in [0.4, 0.5) is 5.69 Å². The number of hydrogen-bond donors (Lipinski definition) is 2. The molecule has 3 nitrogen and oxygen atoms in total. The van der Waals surface area contributed by atoms with Gasteiger partial charge in [0.25, 0.3) is 0 Å². The number of carbonyl (C=O) groups is 1. The molecule has 1 atom stereocenters. The van der Waals surface area contributed by atoms with Gasteiger partial charge >= 0.3 is 0 Å². The van der Waals surface area contributed by atoms with E-state index in [0.29, 0.717) is 11.4 Å². The first-order valence-corrected chi connectivity index (χ1v) is 6.87. The Morgan fingerprint density at radius 2 is 2.05 bits per heavy atom. The van der Waals surface area contributed by atoms with Crippen LogP contribution in [0.25, 0.3) is 0 Å². The summed E-state index contributed by atoms with van der Waals surface area (Å²) in [4.78, 5) is 11.9. The van der Waals surface area contributed by atoms with E-state index in [9.17, 15) is 4.79 Å². The number of hydrogen-bond acceptors (Lipinski definition) is 2. The van der Waals surface area contributed by atoms with Gasteiger partial charge in [0.1, 0.15) is 0 Å². The first kappa shape index (κ1) is 16.0. The van der Waals surface area contributed by atoms with Crippen LogP contribution in [0.3, 0.4) is 0 Å². The van der Waals surface area contributed by atoms with Crippen LogP contribution in [-0.4, -0.2) is 11.9 Å². The highest BCUT2D eigenvalue weighted by molar-refractivity contribution is 6.31. The van der Waals surface area contributed by atoms with Crippen molar-refractivity contribution in [2.45, 2.75) is 46.6 Å². The second kappa shape index (κ2) is 6.40. The van der Waals surface area contributed by atoms with Crippen LogP contribution in [0.15, 0.2) is 18.2 Å². The molecular weight excluding hydrogens is 260 g/mol. The molecule has 1 rings (SSSR count). The van der Waals surface area contributed by atoms with E-state index < -0.39 is 0 Å². The van der Waals surface area contributed by atoms with Gasteiger partial charge in [-0.1, -0.05) is 38.4 Å². The third-order valence-corrected chi connectivity index (χ3v) is 3.03. The van der Waals surface area contributed by atoms with Gasteiger partial charge in [-0.15, -0.1) is 0 Å². The van der Waals surface area contributed by atoms with E-state index in [1.165, 1.54) is 0 Å². The lowest BCUT2D eigenvalue weighted by atomic mass is 9.87. The van der Waals surface area contributed by atoms with Crippen LogP contribution in [0.1, 0.15) is 39.2 Å². The number of carbonyl (C=O) groups excluding carboxylic acids is 1. The third kappa shape index (κ3) is 6.08. The molecule has 3 N–H and O–H groups in total. The highest BCUT2D eigenvalue weighted by Crippen LogP contribution is 2.23. The highest BCUT2D eigenvalue weighted by atomic mass is 35.5. The van der Waals surface area contributed by atoms with E-state index >= 15 is 0 Å². The summed E-state index contributed by atoms with van der Waals surface area (Å²) in [5, 5.41) is 3.48. The second-order valence-corrected chi connectivity index (χ2v) is 6.67. The molecule has 0 fully saturated rings. The quantitative estimate of drug-likeness (QED) is 0.884. The van der Waals surface area contributed by atoms with E-state index in [0.717, 1.165) is 17.7 Å². The van der Waals surface area contributed by atoms with Gasteiger partial charge in [-0.2, -0.15) is 0 Å². The summed E-state index contributed by atoms with van der Waals surface area (Å²) in [5.41, 5.74) is 7.86. The molecule has 0 spiro atoms. The number of benzene rings is 1. The molecule has 106 valence electrons. The highest BCUT2D eigenvalue weighted by Gasteiger charge is 2.18. The second-order valence-electron chi connectivity index (χ2n) is 6.24. The van der Waals surface area contributed by atoms with Gasteiger partial charge in [-0.3, -0.25) is 4.79 Å². The lowest BCUT2D eigenvalue weighted by Gasteiger charge is -2.22. The number of rotatable bonds is 4. The molecular formula is C15H23ClN2O. The van der Waals surface area contributed by atoms with Crippen LogP contribution in [0, 0.1) is 12.3 Å². The molecule has 1 aromatic carbocycles. The average Bonchev–Trinajstić information content (AvgIpc) is 2.20. The maximum absolute atomic E-state index is 11.9. The largest absolute Gasteiger partial charge is 0.327 e. The smallest absolute Gasteiger partial charge is 0.225 e. The molecule has 4 heteroatoms. The number of nitrogens with one attached hydrogen (secondary N) is 1. The van der Waals surface area contributed by atoms with Crippen LogP contribution < -0.4 is 11.1 Å². The van der Waals surface area contributed by atoms with Gasteiger partial charge in [-0.25, -0.2) is 0 Å². The molecule has 0 saturated carbocycles. The standard InChI is InChI=1S/C15H23ClN2O/c1-10-5-6-11(16)7-13(10)18-14(19)8-12(17)9-15(2,3)4/h5-7,12H,8-9,17H2,1-4H3,(H,18,19). The first-order chi connectivity index (χ1) is 8.67. The first-order valence-electron chi connectivity index (χ1n) is 6.49. The fourth-order valence-corrected chi connectivity index (χ4v) is 2.20. The van der Waals surface area contributed by atoms with Crippen LogP contribution in [0.2, 0.25) is 5.02 Å². The van der Waals surface area contributed by atoms with Gasteiger partial charge in [0.2, 0.25) is 5.91 Å². The maximum Gasteiger partial charge on any atom is 0.225 e. The SMILES string of the molecule is Cc1ccc(Cl)cc1NC(=O)CC(N)CC(C)(C)C. The monoisotopic (exact) mass is 282 g/mol. The molecule has 1 unspecified atom stereocenters. The summed E-state index contributed by atoms with van der Waals surface area (Å²) in [6, 6.07) is 5.31. The third-order valence-electron chi connectivity index (χ3n) is 2.80. The van der Waals surface area contributed by atoms with Crippen molar-refractivity contribution in [2.24, 2.45) is 11.1 Å². The lowest BCUT2D eigenvalue weighted by Crippen LogP contribution is -2.31. The molecule has 0 aliphatic heterocycles. The fourth-order valence-electron chi connectivity index (χ4n) is 2.03. The Labute approximate surface area is 120 Å². The minimum Gasteiger partial charge on any atom is -0.327 e. The Kier molecular flexibility index (Phi) is 5.39. The van der Waals surface area contributed by atoms with E-state index in [1.54, 1.807) is 12.1 Å². The summed E-state index contributed by atoms with van der Waals surface area (Å²) in [6.45, 7) is 8.28. The van der Waals surface area contributed by atoms with Crippen molar-refractivity contribution in [1.82, 2.24) is 0 Å². The van der Waals surface area contributed by atoms with Crippen LogP contribution in [0.5, 0.6) is 0 Å². The normalized spacial score (nSPS) is 13.2. The molecule has 1 amide bonds. The van der Waals surface area contributed by atoms with Gasteiger partial charge in [0.05, 0.1) is 0 Å². The molecule has 0 aromatic heterocycles. The van der Waals surface area contributed by atoms with Crippen molar-refractivity contribution in [1.29, 1.82) is 0 Å². The summed E-state index contributed by atoms with van der Waals surface area (Å²) in [6.07, 6.45) is 1.14. The van der Waals surface area contributed by atoms with Crippen molar-refractivity contribution in [3.63, 3.8) is 0 Å². The van der Waals surface area contributed by atoms with Gasteiger partial charge < -0.3 is 11.1 Å². The summed E-state index contributed by atoms with van der Waals surface area (Å²) < 4.78 is 0. The Morgan fingerprint density at radius 3 is 2.63 bits per heavy atom. The molecule has 0 radical (unpaired) electrons. The van der Waals surface area contributed by atoms with Crippen LogP contribution >= 0.6 is 11.6 Å². The zero-order valence-electron chi connectivity index (χ0n) is 12.1. The molecule has 0 aliphatic rings. The Balaban J connectivity index is 2.58. The minimum atomic E-state index is -0.125. The maximum atomic E-state index is 11.9. The van der Waals surface area contributed by atoms with Gasteiger partial charge in [-0.05, 0) is 36.5 Å². The molecule has 0 heterocycles. The zero-order valence-corrected chi connectivity index (χ0v) is 12.8. The van der Waals surface area contributed by atoms with Crippen LogP contribution in [-0.2, 0) is 4.79 Å². The molecule has 0 bridgehead atoms. The van der Waals surface area contributed by atoms with Gasteiger partial charge in [0, 0.05) is 23.2 Å². The number of halogens is 1. The predicted molar refractivity (Wildman–Crippen MR) is 81.5 cm³/mol. The number of aryl methyl sites for hydroxylation is 1. The molecule has 0 aliphatic carbocycles. The number of nitrogens with two attached hydrogens (primary N) is 1. The Bertz CT molecular complexity index is 452. The number of anilines is 1. The topological polar surface area (TPSA) is 55.1 Å². The van der Waals surface area contributed by atoms with Crippen molar-refractivity contribution < 1.29 is 4.79 Å². The van der Waals surface area contributed by atoms with Crippen molar-refractivity contribution in [3.05, 3.63) is 28.8 Å². The van der Waals surface area contributed by atoms with Crippen molar-refractivity contribution in [3.8, 4) is 0 Å². The Morgan fingerprint density at radius 1 is 1.42 bits per heavy atom. The lowest BCUT2D eigenvalue weighted by molar-refractivity contribution is -0.116. The van der Waals surface area contributed by atoms with E-state index in [4.69, 9.17) is 17.3 Å². The molecule has 1 aromatic rings. The fraction of sp³-hybridized carbons (Fsp3) is 0.533. The minimum absolute atomic E-state index is 0.0675. The molecule has 0 saturated heterocycles. The summed E-state index contributed by atoms with van der Waals surface area (Å²) >= 11 is 5.92. The van der Waals surface area contributed by atoms with E-state index in [-0.39, 0.29) is 17.4 Å².